The van der Waals surface area contributed by atoms with Gasteiger partial charge in [-0.25, -0.2) is 0 Å². The van der Waals surface area contributed by atoms with E-state index >= 15 is 0 Å². The van der Waals surface area contributed by atoms with Crippen LogP contribution in [0.5, 0.6) is 5.75 Å². The van der Waals surface area contributed by atoms with Gasteiger partial charge in [0.2, 0.25) is 0 Å². The summed E-state index contributed by atoms with van der Waals surface area (Å²) in [7, 11) is 0. The first-order valence-electron chi connectivity index (χ1n) is 7.34. The first-order chi connectivity index (χ1) is 9.60. The van der Waals surface area contributed by atoms with E-state index in [0.717, 1.165) is 22.3 Å². The van der Waals surface area contributed by atoms with Crippen molar-refractivity contribution in [1.82, 2.24) is 0 Å². The second-order valence-electron chi connectivity index (χ2n) is 3.84. The van der Waals surface area contributed by atoms with E-state index in [2.05, 4.69) is 13.2 Å². The third-order valence-electron chi connectivity index (χ3n) is 2.61. The molecule has 0 aliphatic rings. The first kappa shape index (κ1) is 20.6. The molecule has 1 aromatic rings. The van der Waals surface area contributed by atoms with Crippen LogP contribution in [-0.4, -0.2) is 5.11 Å². The number of hydrogen-bond donors (Lipinski definition) is 1. The quantitative estimate of drug-likeness (QED) is 0.652. The highest BCUT2D eigenvalue weighted by molar-refractivity contribution is 5.68. The zero-order chi connectivity index (χ0) is 16.1. The number of para-hydroxylation sites is 1. The van der Waals surface area contributed by atoms with Gasteiger partial charge in [-0.1, -0.05) is 71.2 Å². The van der Waals surface area contributed by atoms with Gasteiger partial charge in [-0.15, -0.1) is 0 Å². The summed E-state index contributed by atoms with van der Waals surface area (Å²) in [5.41, 5.74) is 3.71. The number of benzene rings is 1. The summed E-state index contributed by atoms with van der Waals surface area (Å²) in [5.74, 6) is 0.330. The maximum Gasteiger partial charge on any atom is 0.126 e. The average molecular weight is 274 g/mol. The molecular weight excluding hydrogens is 244 g/mol. The topological polar surface area (TPSA) is 20.2 Å². The van der Waals surface area contributed by atoms with Gasteiger partial charge in [0.25, 0.3) is 0 Å². The Kier molecular flexibility index (Phi) is 12.6. The third-order valence-corrected chi connectivity index (χ3v) is 2.61. The lowest BCUT2D eigenvalue weighted by Gasteiger charge is -2.09. The van der Waals surface area contributed by atoms with Crippen molar-refractivity contribution in [2.45, 2.75) is 48.0 Å². The van der Waals surface area contributed by atoms with Crippen LogP contribution in [0.3, 0.4) is 0 Å². The van der Waals surface area contributed by atoms with E-state index in [4.69, 9.17) is 0 Å². The van der Waals surface area contributed by atoms with Gasteiger partial charge < -0.3 is 5.11 Å². The van der Waals surface area contributed by atoms with Crippen LogP contribution in [0.25, 0.3) is 5.57 Å². The molecule has 1 heteroatoms. The molecule has 1 aromatic carbocycles. The molecule has 0 spiro atoms. The van der Waals surface area contributed by atoms with Gasteiger partial charge in [-0.2, -0.15) is 0 Å². The van der Waals surface area contributed by atoms with Gasteiger partial charge in [0, 0.05) is 12.0 Å². The van der Waals surface area contributed by atoms with Crippen LogP contribution in [0.15, 0.2) is 49.1 Å². The second kappa shape index (κ2) is 12.3. The van der Waals surface area contributed by atoms with Crippen molar-refractivity contribution < 1.29 is 5.11 Å². The predicted molar refractivity (Wildman–Crippen MR) is 93.2 cm³/mol. The minimum Gasteiger partial charge on any atom is -0.507 e. The summed E-state index contributed by atoms with van der Waals surface area (Å²) < 4.78 is 0. The molecule has 0 saturated carbocycles. The van der Waals surface area contributed by atoms with Crippen LogP contribution in [-0.2, 0) is 6.42 Å². The smallest absolute Gasteiger partial charge is 0.126 e. The fraction of sp³-hybridized carbons (Fsp3) is 0.368. The Morgan fingerprint density at radius 1 is 1.20 bits per heavy atom. The number of aromatic hydroxyl groups is 1. The van der Waals surface area contributed by atoms with Crippen LogP contribution < -0.4 is 0 Å². The van der Waals surface area contributed by atoms with E-state index < -0.39 is 0 Å². The van der Waals surface area contributed by atoms with E-state index in [1.54, 1.807) is 0 Å². The number of rotatable bonds is 4. The highest BCUT2D eigenvalue weighted by Gasteiger charge is 2.07. The first-order valence-corrected chi connectivity index (χ1v) is 7.34. The van der Waals surface area contributed by atoms with Crippen molar-refractivity contribution in [3.63, 3.8) is 0 Å². The van der Waals surface area contributed by atoms with Crippen molar-refractivity contribution >= 4 is 5.57 Å². The molecular formula is C19H30O. The molecule has 0 saturated heterocycles. The Bertz CT molecular complexity index is 439. The van der Waals surface area contributed by atoms with E-state index in [9.17, 15) is 5.11 Å². The summed E-state index contributed by atoms with van der Waals surface area (Å²) in [6, 6.07) is 5.74. The van der Waals surface area contributed by atoms with Gasteiger partial charge in [-0.3, -0.25) is 0 Å². The molecule has 0 aliphatic heterocycles. The van der Waals surface area contributed by atoms with Gasteiger partial charge in [-0.05, 0) is 30.6 Å². The monoisotopic (exact) mass is 274 g/mol. The summed E-state index contributed by atoms with van der Waals surface area (Å²) in [5, 5.41) is 10.1. The minimum absolute atomic E-state index is 0.330. The highest BCUT2D eigenvalue weighted by Crippen LogP contribution is 2.29. The Morgan fingerprint density at radius 2 is 1.75 bits per heavy atom. The summed E-state index contributed by atoms with van der Waals surface area (Å²) in [6.07, 6.45) is 4.51. The van der Waals surface area contributed by atoms with Crippen molar-refractivity contribution in [3.05, 3.63) is 60.2 Å². The average Bonchev–Trinajstić information content (AvgIpc) is 2.50. The lowest BCUT2D eigenvalue weighted by atomic mass is 9.98. The van der Waals surface area contributed by atoms with Gasteiger partial charge in [0.1, 0.15) is 5.75 Å². The van der Waals surface area contributed by atoms with Crippen molar-refractivity contribution in [3.8, 4) is 5.75 Å². The minimum atomic E-state index is 0.330. The van der Waals surface area contributed by atoms with Crippen LogP contribution in [0.1, 0.15) is 52.7 Å². The Hall–Kier alpha value is -1.76. The summed E-state index contributed by atoms with van der Waals surface area (Å²) >= 11 is 0. The van der Waals surface area contributed by atoms with E-state index in [1.807, 2.05) is 71.9 Å². The molecule has 1 N–H and O–H groups in total. The molecule has 1 nitrogen and oxygen atoms in total. The van der Waals surface area contributed by atoms with Gasteiger partial charge >= 0.3 is 0 Å². The number of hydrogen-bond acceptors (Lipinski definition) is 1. The Morgan fingerprint density at radius 3 is 2.15 bits per heavy atom. The van der Waals surface area contributed by atoms with Gasteiger partial charge in [0.15, 0.2) is 0 Å². The van der Waals surface area contributed by atoms with Gasteiger partial charge in [0.05, 0.1) is 0 Å². The largest absolute Gasteiger partial charge is 0.507 e. The van der Waals surface area contributed by atoms with Crippen LogP contribution >= 0.6 is 0 Å². The molecule has 0 aliphatic carbocycles. The molecule has 0 aromatic heterocycles. The molecule has 0 heterocycles. The number of allylic oxidation sites excluding steroid dienone is 4. The van der Waals surface area contributed by atoms with Crippen LogP contribution in [0.2, 0.25) is 0 Å². The number of phenolic OH excluding ortho intramolecular Hbond substituents is 1. The fourth-order valence-electron chi connectivity index (χ4n) is 1.59. The normalized spacial score (nSPS) is 9.60. The zero-order valence-corrected chi connectivity index (χ0v) is 14.0. The third kappa shape index (κ3) is 6.42. The van der Waals surface area contributed by atoms with Crippen molar-refractivity contribution in [2.75, 3.05) is 0 Å². The molecule has 0 atom stereocenters. The summed E-state index contributed by atoms with van der Waals surface area (Å²) in [6.45, 7) is 19.5. The van der Waals surface area contributed by atoms with Crippen LogP contribution in [0, 0.1) is 0 Å². The molecule has 0 amide bonds. The lowest BCUT2D eigenvalue weighted by molar-refractivity contribution is 0.467. The van der Waals surface area contributed by atoms with E-state index in [-0.39, 0.29) is 0 Å². The molecule has 0 radical (unpaired) electrons. The molecule has 1 rings (SSSR count). The maximum atomic E-state index is 10.1. The highest BCUT2D eigenvalue weighted by atomic mass is 16.3. The number of phenols is 1. The van der Waals surface area contributed by atoms with Crippen LogP contribution in [0.4, 0.5) is 0 Å². The molecule has 20 heavy (non-hydrogen) atoms. The Balaban J connectivity index is 0. The molecule has 112 valence electrons. The molecule has 0 fully saturated rings. The zero-order valence-electron chi connectivity index (χ0n) is 14.0. The van der Waals surface area contributed by atoms with E-state index in [1.165, 1.54) is 0 Å². The van der Waals surface area contributed by atoms with Crippen molar-refractivity contribution in [1.29, 1.82) is 0 Å². The molecule has 0 unspecified atom stereocenters. The molecule has 0 bridgehead atoms. The Labute approximate surface area is 125 Å². The predicted octanol–water partition coefficient (Wildman–Crippen LogP) is 6.15. The maximum absolute atomic E-state index is 10.1. The SMILES string of the molecule is C=C/C(=C\C)Cc1cccc(C(=C)C)c1O.CC.CC. The lowest BCUT2D eigenvalue weighted by Crippen LogP contribution is -1.91. The second-order valence-corrected chi connectivity index (χ2v) is 3.84. The van der Waals surface area contributed by atoms with Crippen molar-refractivity contribution in [2.24, 2.45) is 0 Å². The standard InChI is InChI=1S/C15H18O.2C2H6/c1-5-12(6-2)10-13-8-7-9-14(11(3)4)15(13)16;2*1-2/h5-9,16H,1,3,10H2,2,4H3;2*1-2H3/b12-6+;;. The fourth-order valence-corrected chi connectivity index (χ4v) is 1.59. The van der Waals surface area contributed by atoms with E-state index in [0.29, 0.717) is 12.2 Å². The summed E-state index contributed by atoms with van der Waals surface area (Å²) in [4.78, 5) is 0.